The number of nitrogens with one attached hydrogen (secondary N) is 1. The molecule has 2 aromatic carbocycles. The molecule has 2 heterocycles. The molecule has 0 fully saturated rings. The highest BCUT2D eigenvalue weighted by Crippen LogP contribution is 2.46. The molecule has 1 N–H and O–H groups in total. The Bertz CT molecular complexity index is 800. The van der Waals surface area contributed by atoms with Crippen molar-refractivity contribution in [2.45, 2.75) is 32.3 Å². The fourth-order valence-corrected chi connectivity index (χ4v) is 3.26. The van der Waals surface area contributed by atoms with Crippen molar-refractivity contribution in [3.8, 4) is 17.2 Å². The van der Waals surface area contributed by atoms with Gasteiger partial charge in [-0.15, -0.1) is 0 Å². The van der Waals surface area contributed by atoms with Crippen LogP contribution in [0.2, 0.25) is 0 Å². The maximum Gasteiger partial charge on any atom is 0.231 e. The SMILES string of the molecule is CC(C)Oc1ccccc1[C@H]1CC(=O)Nc2cc3c(cc21)OCO3. The van der Waals surface area contributed by atoms with E-state index in [2.05, 4.69) is 5.32 Å². The van der Waals surface area contributed by atoms with E-state index in [0.29, 0.717) is 12.2 Å². The fraction of sp³-hybridized carbons (Fsp3) is 0.316. The molecule has 2 aromatic rings. The number of carbonyl (C=O) groups excluding carboxylic acids is 1. The highest BCUT2D eigenvalue weighted by Gasteiger charge is 2.31. The van der Waals surface area contributed by atoms with Gasteiger partial charge in [-0.05, 0) is 31.5 Å². The van der Waals surface area contributed by atoms with Crippen molar-refractivity contribution in [3.63, 3.8) is 0 Å². The molecule has 0 bridgehead atoms. The van der Waals surface area contributed by atoms with Crippen molar-refractivity contribution in [2.75, 3.05) is 12.1 Å². The van der Waals surface area contributed by atoms with Crippen LogP contribution in [0, 0.1) is 0 Å². The van der Waals surface area contributed by atoms with Crippen molar-refractivity contribution in [2.24, 2.45) is 0 Å². The van der Waals surface area contributed by atoms with Crippen LogP contribution in [0.25, 0.3) is 0 Å². The molecule has 24 heavy (non-hydrogen) atoms. The Hall–Kier alpha value is -2.69. The number of hydrogen-bond acceptors (Lipinski definition) is 4. The van der Waals surface area contributed by atoms with Gasteiger partial charge >= 0.3 is 0 Å². The minimum absolute atomic E-state index is 0.00860. The van der Waals surface area contributed by atoms with Crippen molar-refractivity contribution in [3.05, 3.63) is 47.5 Å². The number of carbonyl (C=O) groups is 1. The summed E-state index contributed by atoms with van der Waals surface area (Å²) < 4.78 is 16.9. The molecule has 0 radical (unpaired) electrons. The summed E-state index contributed by atoms with van der Waals surface area (Å²) in [5.41, 5.74) is 2.82. The third-order valence-electron chi connectivity index (χ3n) is 4.24. The number of benzene rings is 2. The molecule has 0 aromatic heterocycles. The Morgan fingerprint density at radius 3 is 2.67 bits per heavy atom. The monoisotopic (exact) mass is 325 g/mol. The number of fused-ring (bicyclic) bond motifs is 2. The molecular formula is C19H19NO4. The lowest BCUT2D eigenvalue weighted by Gasteiger charge is -2.28. The van der Waals surface area contributed by atoms with Crippen LogP contribution in [0.1, 0.15) is 37.3 Å². The van der Waals surface area contributed by atoms with Gasteiger partial charge in [0, 0.05) is 29.7 Å². The Labute approximate surface area is 140 Å². The van der Waals surface area contributed by atoms with Crippen LogP contribution in [0.5, 0.6) is 17.2 Å². The largest absolute Gasteiger partial charge is 0.491 e. The second-order valence-electron chi connectivity index (χ2n) is 6.30. The lowest BCUT2D eigenvalue weighted by Crippen LogP contribution is -2.24. The topological polar surface area (TPSA) is 56.8 Å². The quantitative estimate of drug-likeness (QED) is 0.935. The van der Waals surface area contributed by atoms with Crippen molar-refractivity contribution in [1.29, 1.82) is 0 Å². The number of hydrogen-bond donors (Lipinski definition) is 1. The fourth-order valence-electron chi connectivity index (χ4n) is 3.26. The average Bonchev–Trinajstić information content (AvgIpc) is 2.99. The third-order valence-corrected chi connectivity index (χ3v) is 4.24. The van der Waals surface area contributed by atoms with Crippen molar-refractivity contribution < 1.29 is 19.0 Å². The summed E-state index contributed by atoms with van der Waals surface area (Å²) in [5.74, 6) is 2.12. The summed E-state index contributed by atoms with van der Waals surface area (Å²) in [7, 11) is 0. The Morgan fingerprint density at radius 2 is 1.88 bits per heavy atom. The molecule has 0 spiro atoms. The highest BCUT2D eigenvalue weighted by atomic mass is 16.7. The minimum Gasteiger partial charge on any atom is -0.491 e. The Kier molecular flexibility index (Phi) is 3.56. The molecule has 2 aliphatic heterocycles. The Morgan fingerprint density at radius 1 is 1.12 bits per heavy atom. The number of ether oxygens (including phenoxy) is 3. The van der Waals surface area contributed by atoms with Crippen molar-refractivity contribution >= 4 is 11.6 Å². The van der Waals surface area contributed by atoms with Gasteiger partial charge in [0.2, 0.25) is 12.7 Å². The van der Waals surface area contributed by atoms with Crippen LogP contribution in [0.15, 0.2) is 36.4 Å². The minimum atomic E-state index is -0.0711. The van der Waals surface area contributed by atoms with E-state index >= 15 is 0 Å². The van der Waals surface area contributed by atoms with E-state index in [1.165, 1.54) is 0 Å². The summed E-state index contributed by atoms with van der Waals surface area (Å²) in [6.45, 7) is 4.20. The van der Waals surface area contributed by atoms with Gasteiger partial charge in [0.15, 0.2) is 11.5 Å². The maximum absolute atomic E-state index is 12.2. The number of anilines is 1. The van der Waals surface area contributed by atoms with Crippen LogP contribution in [-0.4, -0.2) is 18.8 Å². The van der Waals surface area contributed by atoms with Crippen molar-refractivity contribution in [1.82, 2.24) is 0 Å². The number of rotatable bonds is 3. The summed E-state index contributed by atoms with van der Waals surface area (Å²) in [6, 6.07) is 11.7. The predicted octanol–water partition coefficient (Wildman–Crippen LogP) is 3.68. The third kappa shape index (κ3) is 2.56. The first-order chi connectivity index (χ1) is 11.6. The van der Waals surface area contributed by atoms with E-state index in [1.807, 2.05) is 50.2 Å². The zero-order chi connectivity index (χ0) is 16.7. The highest BCUT2D eigenvalue weighted by molar-refractivity contribution is 5.96. The molecular weight excluding hydrogens is 306 g/mol. The summed E-state index contributed by atoms with van der Waals surface area (Å²) in [4.78, 5) is 12.2. The first-order valence-corrected chi connectivity index (χ1v) is 8.11. The first-order valence-electron chi connectivity index (χ1n) is 8.11. The van der Waals surface area contributed by atoms with E-state index < -0.39 is 0 Å². The molecule has 1 amide bonds. The maximum atomic E-state index is 12.2. The smallest absolute Gasteiger partial charge is 0.231 e. The van der Waals surface area contributed by atoms with E-state index in [1.54, 1.807) is 0 Å². The second kappa shape index (κ2) is 5.74. The van der Waals surface area contributed by atoms with Gasteiger partial charge < -0.3 is 19.5 Å². The van der Waals surface area contributed by atoms with Crippen LogP contribution in [-0.2, 0) is 4.79 Å². The zero-order valence-corrected chi connectivity index (χ0v) is 13.7. The lowest BCUT2D eigenvalue weighted by molar-refractivity contribution is -0.116. The molecule has 0 unspecified atom stereocenters. The molecule has 0 saturated heterocycles. The van der Waals surface area contributed by atoms with Crippen LogP contribution in [0.3, 0.4) is 0 Å². The molecule has 124 valence electrons. The molecule has 5 heteroatoms. The van der Waals surface area contributed by atoms with Gasteiger partial charge in [-0.1, -0.05) is 18.2 Å². The number of amides is 1. The molecule has 0 saturated carbocycles. The standard InChI is InChI=1S/C19H19NO4/c1-11(2)24-16-6-4-3-5-12(16)13-8-19(21)20-15-9-18-17(7-14(13)15)22-10-23-18/h3-7,9,11,13H,8,10H2,1-2H3,(H,20,21)/t13-/m1/s1. The molecule has 4 rings (SSSR count). The molecule has 5 nitrogen and oxygen atoms in total. The van der Waals surface area contributed by atoms with Crippen LogP contribution in [0.4, 0.5) is 5.69 Å². The average molecular weight is 325 g/mol. The number of para-hydroxylation sites is 1. The lowest BCUT2D eigenvalue weighted by atomic mass is 9.84. The molecule has 2 aliphatic rings. The first kappa shape index (κ1) is 14.9. The Balaban J connectivity index is 1.82. The summed E-state index contributed by atoms with van der Waals surface area (Å²) in [5, 5.41) is 2.93. The van der Waals surface area contributed by atoms with Gasteiger partial charge in [0.25, 0.3) is 0 Å². The normalized spacial score (nSPS) is 18.3. The molecule has 0 aliphatic carbocycles. The van der Waals surface area contributed by atoms with Gasteiger partial charge in [0.1, 0.15) is 5.75 Å². The summed E-state index contributed by atoms with van der Waals surface area (Å²) >= 11 is 0. The van der Waals surface area contributed by atoms with E-state index in [4.69, 9.17) is 14.2 Å². The van der Waals surface area contributed by atoms with Gasteiger partial charge in [-0.3, -0.25) is 4.79 Å². The van der Waals surface area contributed by atoms with Crippen LogP contribution >= 0.6 is 0 Å². The summed E-state index contributed by atoms with van der Waals surface area (Å²) in [6.07, 6.45) is 0.449. The zero-order valence-electron chi connectivity index (χ0n) is 13.7. The van der Waals surface area contributed by atoms with E-state index in [0.717, 1.165) is 28.3 Å². The van der Waals surface area contributed by atoms with Gasteiger partial charge in [-0.25, -0.2) is 0 Å². The predicted molar refractivity (Wildman–Crippen MR) is 89.9 cm³/mol. The van der Waals surface area contributed by atoms with E-state index in [9.17, 15) is 4.79 Å². The van der Waals surface area contributed by atoms with Crippen LogP contribution < -0.4 is 19.5 Å². The van der Waals surface area contributed by atoms with Gasteiger partial charge in [-0.2, -0.15) is 0 Å². The van der Waals surface area contributed by atoms with Gasteiger partial charge in [0.05, 0.1) is 6.10 Å². The van der Waals surface area contributed by atoms with E-state index in [-0.39, 0.29) is 24.7 Å². The second-order valence-corrected chi connectivity index (χ2v) is 6.30. The molecule has 1 atom stereocenters.